The smallest absolute Gasteiger partial charge is 0.410 e. The van der Waals surface area contributed by atoms with E-state index in [1.54, 1.807) is 11.0 Å². The van der Waals surface area contributed by atoms with E-state index in [0.717, 1.165) is 59.4 Å². The summed E-state index contributed by atoms with van der Waals surface area (Å²) in [5, 5.41) is 24.9. The molecular weight excluding hydrogens is 797 g/mol. The first-order valence-corrected chi connectivity index (χ1v) is 23.0. The van der Waals surface area contributed by atoms with Gasteiger partial charge in [-0.3, -0.25) is 4.90 Å². The van der Waals surface area contributed by atoms with Crippen LogP contribution >= 0.6 is 0 Å². The molecule has 3 aromatic carbocycles. The minimum Gasteiger partial charge on any atom is -0.459 e. The van der Waals surface area contributed by atoms with Gasteiger partial charge in [0, 0.05) is 37.7 Å². The van der Waals surface area contributed by atoms with E-state index in [-0.39, 0.29) is 57.2 Å². The summed E-state index contributed by atoms with van der Waals surface area (Å²) in [5.41, 5.74) is 5.48. The van der Waals surface area contributed by atoms with Gasteiger partial charge in [0.15, 0.2) is 0 Å². The normalized spacial score (nSPS) is 23.2. The minimum absolute atomic E-state index is 0.0693. The lowest BCUT2D eigenvalue weighted by atomic mass is 9.55. The number of carbonyl (C=O) groups is 1. The van der Waals surface area contributed by atoms with Crippen molar-refractivity contribution >= 4 is 11.8 Å². The zero-order valence-electron chi connectivity index (χ0n) is 38.4. The quantitative estimate of drug-likeness (QED) is 0.0576. The van der Waals surface area contributed by atoms with E-state index in [4.69, 9.17) is 33.7 Å². The Balaban J connectivity index is 1.49. The minimum atomic E-state index is -1.39. The Labute approximate surface area is 375 Å². The number of rotatable bonds is 22. The number of benzene rings is 3. The second-order valence-corrected chi connectivity index (χ2v) is 18.2. The predicted octanol–water partition coefficient (Wildman–Crippen LogP) is 10.6. The van der Waals surface area contributed by atoms with Gasteiger partial charge in [-0.2, -0.15) is 0 Å². The molecule has 1 aliphatic heterocycles. The number of unbranched alkanes of at least 4 members (excludes halogenated alkanes) is 2. The molecule has 1 amide bonds. The van der Waals surface area contributed by atoms with Crippen LogP contribution in [0.3, 0.4) is 0 Å². The highest BCUT2D eigenvalue weighted by molar-refractivity contribution is 6.03. The van der Waals surface area contributed by atoms with Gasteiger partial charge >= 0.3 is 6.09 Å². The maximum absolute atomic E-state index is 14.5. The molecule has 6 rings (SSSR count). The molecule has 0 bridgehead atoms. The molecule has 1 heterocycles. The van der Waals surface area contributed by atoms with Crippen molar-refractivity contribution in [3.05, 3.63) is 113 Å². The topological polar surface area (TPSA) is 129 Å². The zero-order valence-corrected chi connectivity index (χ0v) is 38.4. The molecule has 63 heavy (non-hydrogen) atoms. The Morgan fingerprint density at radius 3 is 2.38 bits per heavy atom. The maximum Gasteiger partial charge on any atom is 0.410 e. The number of amides is 1. The van der Waals surface area contributed by atoms with E-state index in [1.165, 1.54) is 5.56 Å². The van der Waals surface area contributed by atoms with Gasteiger partial charge in [-0.05, 0) is 131 Å². The lowest BCUT2D eigenvalue weighted by Gasteiger charge is -2.60. The van der Waals surface area contributed by atoms with Crippen LogP contribution < -0.4 is 9.47 Å². The molecule has 0 unspecified atom stereocenters. The van der Waals surface area contributed by atoms with E-state index < -0.39 is 29.4 Å². The molecule has 0 aromatic heterocycles. The number of aliphatic hydroxyl groups is 2. The van der Waals surface area contributed by atoms with Crippen molar-refractivity contribution in [3.8, 4) is 17.2 Å². The summed E-state index contributed by atoms with van der Waals surface area (Å²) in [4.78, 5) is 22.6. The largest absolute Gasteiger partial charge is 0.459 e. The van der Waals surface area contributed by atoms with Crippen molar-refractivity contribution in [3.63, 3.8) is 0 Å². The Morgan fingerprint density at radius 1 is 0.952 bits per heavy atom. The Morgan fingerprint density at radius 2 is 1.68 bits per heavy atom. The van der Waals surface area contributed by atoms with E-state index in [9.17, 15) is 15.0 Å². The van der Waals surface area contributed by atoms with Gasteiger partial charge in [0.2, 0.25) is 5.79 Å². The molecule has 2 N–H and O–H groups in total. The second kappa shape index (κ2) is 22.3. The fraction of sp³-hybridized carbons (Fsp3) is 0.538. The molecule has 1 saturated carbocycles. The van der Waals surface area contributed by atoms with Gasteiger partial charge in [-0.15, -0.1) is 6.58 Å². The van der Waals surface area contributed by atoms with Gasteiger partial charge in [-0.25, -0.2) is 4.79 Å². The van der Waals surface area contributed by atoms with E-state index in [2.05, 4.69) is 44.7 Å². The summed E-state index contributed by atoms with van der Waals surface area (Å²) in [7, 11) is 0. The molecule has 3 aromatic rings. The summed E-state index contributed by atoms with van der Waals surface area (Å²) in [6.45, 7) is 17.6. The number of hydrogen-bond donors (Lipinski definition) is 2. The SMILES string of the molecule is C=CCO[C@@]12Oc3ccc(Oc4ccc(C)c(C)c4)cc3[C@H]3[C@H](CCCCO)[C@@H](CCCCO)C=C(C(=NOC(C)(C)C)C[C@@H]1N(CCC)C(=O)OCCOCc1ccccc1)[C@H]32. The van der Waals surface area contributed by atoms with Crippen molar-refractivity contribution in [1.82, 2.24) is 4.90 Å². The van der Waals surface area contributed by atoms with Gasteiger partial charge in [0.1, 0.15) is 35.5 Å². The summed E-state index contributed by atoms with van der Waals surface area (Å²) in [6.07, 6.45) is 9.23. The Kier molecular flexibility index (Phi) is 16.9. The van der Waals surface area contributed by atoms with E-state index in [0.29, 0.717) is 43.9 Å². The van der Waals surface area contributed by atoms with Crippen molar-refractivity contribution in [2.24, 2.45) is 22.9 Å². The van der Waals surface area contributed by atoms with E-state index in [1.807, 2.05) is 76.2 Å². The van der Waals surface area contributed by atoms with Crippen LogP contribution in [0.2, 0.25) is 0 Å². The molecule has 342 valence electrons. The summed E-state index contributed by atoms with van der Waals surface area (Å²) in [6, 6.07) is 21.3. The average Bonchev–Trinajstić information content (AvgIpc) is 3.26. The summed E-state index contributed by atoms with van der Waals surface area (Å²) in [5.74, 6) is 0.240. The van der Waals surface area contributed by atoms with Crippen molar-refractivity contribution in [1.29, 1.82) is 0 Å². The Hall–Kier alpha value is -4.68. The third kappa shape index (κ3) is 11.7. The standard InChI is InChI=1S/C52H70N2O9/c1-8-25-54(50(57)59-30-29-58-35-38-17-11-10-12-18-38)47-34-45(53-63-51(5,6)7)43-32-39(19-13-15-26-55)42(20-14-16-27-56)48-44-33-41(61-40-22-21-36(3)37(4)31-40)23-24-46(44)62-52(47,49(43)48)60-28-9-2/h9-12,17-18,21-24,31-33,39,42,47-49,55-56H,2,8,13-16,19-20,25-30,34-35H2,1,3-7H3/t39-,42+,47-,48+,49+,52+/m0/s1. The first kappa shape index (κ1) is 47.8. The Bertz CT molecular complexity index is 2030. The fourth-order valence-electron chi connectivity index (χ4n) is 9.47. The van der Waals surface area contributed by atoms with E-state index >= 15 is 0 Å². The molecule has 6 atom stereocenters. The number of nitrogens with zero attached hydrogens (tertiary/aromatic N) is 2. The van der Waals surface area contributed by atoms with Crippen LogP contribution in [0, 0.1) is 31.6 Å². The van der Waals surface area contributed by atoms with Crippen LogP contribution in [0.4, 0.5) is 4.79 Å². The number of carbonyl (C=O) groups excluding carboxylic acids is 1. The van der Waals surface area contributed by atoms with Crippen LogP contribution in [-0.4, -0.2) is 83.9 Å². The molecule has 0 spiro atoms. The number of fused-ring (bicyclic) bond motifs is 2. The fourth-order valence-corrected chi connectivity index (χ4v) is 9.47. The van der Waals surface area contributed by atoms with Crippen LogP contribution in [0.1, 0.15) is 107 Å². The molecule has 1 fully saturated rings. The predicted molar refractivity (Wildman–Crippen MR) is 246 cm³/mol. The van der Waals surface area contributed by atoms with Gasteiger partial charge in [-0.1, -0.05) is 73.5 Å². The molecule has 11 nitrogen and oxygen atoms in total. The highest BCUT2D eigenvalue weighted by atomic mass is 16.7. The lowest BCUT2D eigenvalue weighted by molar-refractivity contribution is -0.255. The average molecular weight is 867 g/mol. The highest BCUT2D eigenvalue weighted by Crippen LogP contribution is 2.62. The summed E-state index contributed by atoms with van der Waals surface area (Å²) < 4.78 is 33.0. The summed E-state index contributed by atoms with van der Waals surface area (Å²) >= 11 is 0. The van der Waals surface area contributed by atoms with Gasteiger partial charge in [0.05, 0.1) is 31.5 Å². The van der Waals surface area contributed by atoms with Gasteiger partial charge in [0.25, 0.3) is 0 Å². The van der Waals surface area contributed by atoms with Gasteiger partial charge < -0.3 is 38.7 Å². The monoisotopic (exact) mass is 867 g/mol. The van der Waals surface area contributed by atoms with Crippen LogP contribution in [-0.2, 0) is 25.7 Å². The molecule has 0 radical (unpaired) electrons. The van der Waals surface area contributed by atoms with Crippen molar-refractivity contribution in [2.75, 3.05) is 39.6 Å². The number of hydrogen-bond acceptors (Lipinski definition) is 10. The lowest BCUT2D eigenvalue weighted by Crippen LogP contribution is -2.70. The third-order valence-electron chi connectivity index (χ3n) is 12.4. The maximum atomic E-state index is 14.5. The number of aliphatic hydroxyl groups excluding tert-OH is 2. The second-order valence-electron chi connectivity index (χ2n) is 18.2. The molecule has 0 saturated heterocycles. The number of oxime groups is 1. The van der Waals surface area contributed by atoms with Crippen LogP contribution in [0.25, 0.3) is 0 Å². The van der Waals surface area contributed by atoms with Crippen LogP contribution in [0.5, 0.6) is 17.2 Å². The molecule has 2 aliphatic carbocycles. The first-order chi connectivity index (χ1) is 30.4. The first-order valence-electron chi connectivity index (χ1n) is 23.0. The van der Waals surface area contributed by atoms with Crippen molar-refractivity contribution < 1.29 is 43.5 Å². The molecular formula is C52H70N2O9. The third-order valence-corrected chi connectivity index (χ3v) is 12.4. The number of aryl methyl sites for hydroxylation is 2. The molecule has 11 heteroatoms. The zero-order chi connectivity index (χ0) is 45.0. The molecule has 3 aliphatic rings. The highest BCUT2D eigenvalue weighted by Gasteiger charge is 2.65. The van der Waals surface area contributed by atoms with Crippen LogP contribution in [0.15, 0.2) is 96.2 Å². The number of ether oxygens (including phenoxy) is 5. The van der Waals surface area contributed by atoms with Crippen molar-refractivity contribution in [2.45, 2.75) is 123 Å². The number of allylic oxidation sites excluding steroid dienone is 1.